The van der Waals surface area contributed by atoms with Crippen molar-refractivity contribution in [2.45, 2.75) is 17.7 Å². The molecule has 0 saturated carbocycles. The molecule has 7 nitrogen and oxygen atoms in total. The van der Waals surface area contributed by atoms with Gasteiger partial charge in [0.25, 0.3) is 5.56 Å². The maximum absolute atomic E-state index is 15.3. The summed E-state index contributed by atoms with van der Waals surface area (Å²) in [5.41, 5.74) is 5.37. The predicted molar refractivity (Wildman–Crippen MR) is 148 cm³/mol. The van der Waals surface area contributed by atoms with E-state index >= 15 is 4.39 Å². The molecule has 0 fully saturated rings. The van der Waals surface area contributed by atoms with Crippen LogP contribution in [0.2, 0.25) is 0 Å². The molecule has 11 heteroatoms. The second-order valence-corrected chi connectivity index (χ2v) is 11.7. The number of thiazole rings is 1. The molecule has 0 radical (unpaired) electrons. The van der Waals surface area contributed by atoms with E-state index in [1.807, 2.05) is 0 Å². The summed E-state index contributed by atoms with van der Waals surface area (Å²) in [5, 5.41) is 0. The Morgan fingerprint density at radius 1 is 1.00 bits per heavy atom. The van der Waals surface area contributed by atoms with E-state index < -0.39 is 49.6 Å². The van der Waals surface area contributed by atoms with Crippen LogP contribution in [0.25, 0.3) is 17.5 Å². The van der Waals surface area contributed by atoms with Crippen LogP contribution in [0.3, 0.4) is 0 Å². The number of hydrogen-bond donors (Lipinski definition) is 1. The zero-order valence-electron chi connectivity index (χ0n) is 21.0. The lowest BCUT2D eigenvalue weighted by atomic mass is 9.89. The van der Waals surface area contributed by atoms with E-state index in [2.05, 4.69) is 0 Å². The summed E-state index contributed by atoms with van der Waals surface area (Å²) in [6.45, 7) is 1.49. The van der Waals surface area contributed by atoms with Crippen LogP contribution < -0.4 is 20.5 Å². The molecule has 204 valence electrons. The van der Waals surface area contributed by atoms with Crippen molar-refractivity contribution in [2.24, 2.45) is 5.73 Å². The maximum Gasteiger partial charge on any atom is 0.338 e. The van der Waals surface area contributed by atoms with Gasteiger partial charge in [0.1, 0.15) is 27.0 Å². The molecule has 1 atom stereocenters. The topological polar surface area (TPSA) is 108 Å². The highest BCUT2D eigenvalue weighted by Crippen LogP contribution is 2.42. The van der Waals surface area contributed by atoms with Gasteiger partial charge < -0.3 is 10.5 Å². The van der Waals surface area contributed by atoms with Crippen LogP contribution in [-0.4, -0.2) is 25.6 Å². The number of carbonyl (C=O) groups excluding carboxylic acids is 1. The summed E-state index contributed by atoms with van der Waals surface area (Å²) < 4.78 is 64.1. The molecule has 1 unspecified atom stereocenters. The molecular formula is C29H22F2N2O5S2. The zero-order valence-corrected chi connectivity index (χ0v) is 22.6. The number of fused-ring (bicyclic) bond motifs is 1. The first-order valence-electron chi connectivity index (χ1n) is 12.1. The molecule has 5 rings (SSSR count). The van der Waals surface area contributed by atoms with Crippen molar-refractivity contribution in [1.82, 2.24) is 4.57 Å². The minimum absolute atomic E-state index is 0.0181. The fraction of sp³-hybridized carbons (Fsp3) is 0.103. The summed E-state index contributed by atoms with van der Waals surface area (Å²) in [6.07, 6.45) is 1.28. The third-order valence-electron chi connectivity index (χ3n) is 6.34. The van der Waals surface area contributed by atoms with Crippen molar-refractivity contribution in [3.8, 4) is 0 Å². The Balaban J connectivity index is 1.96. The van der Waals surface area contributed by atoms with Gasteiger partial charge in [-0.2, -0.15) is 0 Å². The molecule has 0 saturated heterocycles. The largest absolute Gasteiger partial charge is 0.463 e. The Morgan fingerprint density at radius 3 is 2.27 bits per heavy atom. The molecule has 0 spiro atoms. The van der Waals surface area contributed by atoms with Gasteiger partial charge in [0, 0.05) is 11.1 Å². The number of benzene rings is 3. The molecular weight excluding hydrogens is 558 g/mol. The number of rotatable bonds is 6. The fourth-order valence-corrected chi connectivity index (χ4v) is 7.41. The molecule has 40 heavy (non-hydrogen) atoms. The smallest absolute Gasteiger partial charge is 0.338 e. The molecule has 2 heterocycles. The van der Waals surface area contributed by atoms with Crippen LogP contribution in [0.4, 0.5) is 8.78 Å². The summed E-state index contributed by atoms with van der Waals surface area (Å²) in [5.74, 6) is -4.35. The van der Waals surface area contributed by atoms with Crippen LogP contribution in [0, 0.1) is 11.6 Å². The van der Waals surface area contributed by atoms with Gasteiger partial charge in [-0.25, -0.2) is 22.0 Å². The van der Waals surface area contributed by atoms with Crippen molar-refractivity contribution in [1.29, 1.82) is 0 Å². The minimum atomic E-state index is -4.49. The Bertz CT molecular complexity index is 1960. The maximum atomic E-state index is 15.3. The lowest BCUT2D eigenvalue weighted by molar-refractivity contribution is -0.136. The molecule has 0 amide bonds. The van der Waals surface area contributed by atoms with Crippen molar-refractivity contribution < 1.29 is 26.7 Å². The highest BCUT2D eigenvalue weighted by atomic mass is 32.2. The second-order valence-electron chi connectivity index (χ2n) is 8.73. The van der Waals surface area contributed by atoms with Crippen molar-refractivity contribution in [2.75, 3.05) is 6.61 Å². The van der Waals surface area contributed by atoms with Gasteiger partial charge in [-0.05, 0) is 37.3 Å². The van der Waals surface area contributed by atoms with E-state index in [1.54, 1.807) is 19.1 Å². The lowest BCUT2D eigenvalue weighted by Gasteiger charge is -2.28. The summed E-state index contributed by atoms with van der Waals surface area (Å²) >= 11 is 0.803. The van der Waals surface area contributed by atoms with Gasteiger partial charge in [0.05, 0.1) is 27.5 Å². The van der Waals surface area contributed by atoms with Gasteiger partial charge in [-0.3, -0.25) is 9.36 Å². The molecule has 2 N–H and O–H groups in total. The summed E-state index contributed by atoms with van der Waals surface area (Å²) in [6, 6.07) is 18.5. The van der Waals surface area contributed by atoms with E-state index in [9.17, 15) is 22.4 Å². The van der Waals surface area contributed by atoms with Crippen LogP contribution >= 0.6 is 11.3 Å². The van der Waals surface area contributed by atoms with E-state index in [0.29, 0.717) is 0 Å². The number of nitrogens with two attached hydrogens (primary N) is 1. The predicted octanol–water partition coefficient (Wildman–Crippen LogP) is 3.09. The Morgan fingerprint density at radius 2 is 1.62 bits per heavy atom. The first kappa shape index (κ1) is 27.2. The Labute approximate surface area is 231 Å². The van der Waals surface area contributed by atoms with Crippen molar-refractivity contribution in [3.05, 3.63) is 126 Å². The molecule has 0 bridgehead atoms. The van der Waals surface area contributed by atoms with E-state index in [0.717, 1.165) is 22.0 Å². The van der Waals surface area contributed by atoms with Gasteiger partial charge in [-0.15, -0.1) is 11.3 Å². The number of aromatic nitrogens is 1. The van der Waals surface area contributed by atoms with Crippen LogP contribution in [0.15, 0.2) is 93.5 Å². The molecule has 0 aliphatic carbocycles. The number of halogens is 2. The summed E-state index contributed by atoms with van der Waals surface area (Å²) in [7, 11) is -4.49. The fourth-order valence-electron chi connectivity index (χ4n) is 4.57. The van der Waals surface area contributed by atoms with Gasteiger partial charge >= 0.3 is 5.97 Å². The zero-order chi connectivity index (χ0) is 28.6. The van der Waals surface area contributed by atoms with Crippen LogP contribution in [-0.2, 0) is 19.4 Å². The monoisotopic (exact) mass is 580 g/mol. The highest BCUT2D eigenvalue weighted by molar-refractivity contribution is 7.95. The molecule has 3 aromatic carbocycles. The number of sulfone groups is 1. The number of esters is 1. The lowest BCUT2D eigenvalue weighted by Crippen LogP contribution is -2.41. The second kappa shape index (κ2) is 10.7. The SMILES string of the molecule is CCOC(=O)C1=c2sc(=Cc3ccccc3F)c(=O)n2C(N)=C(S(=O)(=O)c2ccccc2)C1c1ccccc1F. The van der Waals surface area contributed by atoms with Gasteiger partial charge in [-0.1, -0.05) is 54.6 Å². The van der Waals surface area contributed by atoms with Crippen LogP contribution in [0.5, 0.6) is 0 Å². The number of ether oxygens (including phenoxy) is 1. The number of hydrogen-bond acceptors (Lipinski definition) is 7. The molecule has 1 aromatic heterocycles. The number of carbonyl (C=O) groups is 1. The van der Waals surface area contributed by atoms with Gasteiger partial charge in [0.15, 0.2) is 0 Å². The number of allylic oxidation sites excluding steroid dienone is 1. The number of nitrogens with zero attached hydrogens (tertiary/aromatic N) is 1. The van der Waals surface area contributed by atoms with E-state index in [-0.39, 0.29) is 37.4 Å². The normalized spacial score (nSPS) is 15.7. The first-order valence-corrected chi connectivity index (χ1v) is 14.4. The quantitative estimate of drug-likeness (QED) is 0.351. The third-order valence-corrected chi connectivity index (χ3v) is 9.37. The molecule has 1 aliphatic heterocycles. The minimum Gasteiger partial charge on any atom is -0.463 e. The summed E-state index contributed by atoms with van der Waals surface area (Å²) in [4.78, 5) is 26.4. The van der Waals surface area contributed by atoms with E-state index in [4.69, 9.17) is 10.5 Å². The molecule has 1 aliphatic rings. The highest BCUT2D eigenvalue weighted by Gasteiger charge is 2.43. The average Bonchev–Trinajstić information content (AvgIpc) is 3.26. The Kier molecular flexibility index (Phi) is 7.26. The first-order chi connectivity index (χ1) is 19.2. The standard InChI is InChI=1S/C29H22F2N2O5S2/c1-2-38-29(35)24-23(19-13-7-9-15-21(19)31)25(40(36,37)18-11-4-3-5-12-18)26(32)33-27(34)22(39-28(24)33)16-17-10-6-8-14-20(17)30/h3-16,23H,2,32H2,1H3. The molecule has 4 aromatic rings. The Hall–Kier alpha value is -4.35. The average molecular weight is 581 g/mol. The van der Waals surface area contributed by atoms with E-state index in [1.165, 1.54) is 66.7 Å². The van der Waals surface area contributed by atoms with Crippen molar-refractivity contribution in [3.63, 3.8) is 0 Å². The third kappa shape index (κ3) is 4.56. The van der Waals surface area contributed by atoms with Crippen LogP contribution in [0.1, 0.15) is 24.0 Å². The van der Waals surface area contributed by atoms with Gasteiger partial charge in [0.2, 0.25) is 9.84 Å². The van der Waals surface area contributed by atoms with Crippen molar-refractivity contribution >= 4 is 44.6 Å².